The first-order valence-electron chi connectivity index (χ1n) is 4.34. The van der Waals surface area contributed by atoms with Crippen molar-refractivity contribution in [3.05, 3.63) is 42.0 Å². The quantitative estimate of drug-likeness (QED) is 0.539. The SMILES string of the molecule is O=C1C(c2ccccc2)=CC/C1=N\O. The first-order chi connectivity index (χ1) is 6.83. The van der Waals surface area contributed by atoms with Crippen molar-refractivity contribution >= 4 is 17.1 Å². The third-order valence-corrected chi connectivity index (χ3v) is 2.21. The molecule has 1 aliphatic rings. The lowest BCUT2D eigenvalue weighted by Crippen LogP contribution is -2.08. The van der Waals surface area contributed by atoms with E-state index in [0.717, 1.165) is 5.56 Å². The van der Waals surface area contributed by atoms with Gasteiger partial charge in [0, 0.05) is 12.0 Å². The molecule has 0 fully saturated rings. The second-order valence-electron chi connectivity index (χ2n) is 3.06. The molecule has 1 N–H and O–H groups in total. The summed E-state index contributed by atoms with van der Waals surface area (Å²) in [6.07, 6.45) is 2.20. The molecule has 3 nitrogen and oxygen atoms in total. The van der Waals surface area contributed by atoms with Crippen molar-refractivity contribution < 1.29 is 10.0 Å². The highest BCUT2D eigenvalue weighted by molar-refractivity contribution is 6.58. The molecule has 0 atom stereocenters. The van der Waals surface area contributed by atoms with E-state index in [1.54, 1.807) is 6.08 Å². The Bertz CT molecular complexity index is 418. The lowest BCUT2D eigenvalue weighted by molar-refractivity contribution is -0.108. The number of rotatable bonds is 1. The van der Waals surface area contributed by atoms with E-state index in [-0.39, 0.29) is 11.5 Å². The summed E-state index contributed by atoms with van der Waals surface area (Å²) in [4.78, 5) is 11.6. The van der Waals surface area contributed by atoms with Crippen molar-refractivity contribution in [3.63, 3.8) is 0 Å². The number of allylic oxidation sites excluding steroid dienone is 2. The fraction of sp³-hybridized carbons (Fsp3) is 0.0909. The summed E-state index contributed by atoms with van der Waals surface area (Å²) in [5.41, 5.74) is 1.71. The molecule has 1 aromatic rings. The lowest BCUT2D eigenvalue weighted by atomic mass is 10.0. The van der Waals surface area contributed by atoms with E-state index >= 15 is 0 Å². The predicted molar refractivity (Wildman–Crippen MR) is 53.3 cm³/mol. The molecular formula is C11H9NO2. The molecule has 0 saturated carbocycles. The Labute approximate surface area is 81.4 Å². The molecule has 0 saturated heterocycles. The molecule has 0 aliphatic heterocycles. The number of benzene rings is 1. The van der Waals surface area contributed by atoms with E-state index in [2.05, 4.69) is 5.16 Å². The Hall–Kier alpha value is -1.90. The van der Waals surface area contributed by atoms with E-state index in [9.17, 15) is 4.79 Å². The van der Waals surface area contributed by atoms with Crippen LogP contribution in [0, 0.1) is 0 Å². The molecule has 14 heavy (non-hydrogen) atoms. The smallest absolute Gasteiger partial charge is 0.211 e. The molecule has 0 spiro atoms. The summed E-state index contributed by atoms with van der Waals surface area (Å²) in [7, 11) is 0. The summed E-state index contributed by atoms with van der Waals surface area (Å²) in [5, 5.41) is 11.5. The average molecular weight is 187 g/mol. The van der Waals surface area contributed by atoms with Gasteiger partial charge in [-0.15, -0.1) is 0 Å². The van der Waals surface area contributed by atoms with Crippen molar-refractivity contribution in [1.29, 1.82) is 0 Å². The van der Waals surface area contributed by atoms with Gasteiger partial charge in [0.2, 0.25) is 5.78 Å². The van der Waals surface area contributed by atoms with Crippen LogP contribution in [0.4, 0.5) is 0 Å². The van der Waals surface area contributed by atoms with E-state index in [1.807, 2.05) is 30.3 Å². The maximum absolute atomic E-state index is 11.6. The van der Waals surface area contributed by atoms with Crippen LogP contribution in [0.1, 0.15) is 12.0 Å². The predicted octanol–water partition coefficient (Wildman–Crippen LogP) is 1.87. The van der Waals surface area contributed by atoms with E-state index in [4.69, 9.17) is 5.21 Å². The van der Waals surface area contributed by atoms with Crippen LogP contribution in [0.15, 0.2) is 41.6 Å². The number of hydrogen-bond acceptors (Lipinski definition) is 3. The molecule has 3 heteroatoms. The highest BCUT2D eigenvalue weighted by Crippen LogP contribution is 2.22. The fourth-order valence-electron chi connectivity index (χ4n) is 1.49. The molecule has 1 aromatic carbocycles. The van der Waals surface area contributed by atoms with Gasteiger partial charge in [0.25, 0.3) is 0 Å². The Morgan fingerprint density at radius 2 is 1.93 bits per heavy atom. The number of hydrogen-bond donors (Lipinski definition) is 1. The average Bonchev–Trinajstić information content (AvgIpc) is 2.61. The molecule has 0 aromatic heterocycles. The minimum atomic E-state index is -0.182. The Balaban J connectivity index is 2.36. The van der Waals surface area contributed by atoms with Gasteiger partial charge in [-0.2, -0.15) is 0 Å². The second kappa shape index (κ2) is 3.46. The maximum Gasteiger partial charge on any atom is 0.211 e. The van der Waals surface area contributed by atoms with Crippen molar-refractivity contribution in [2.45, 2.75) is 6.42 Å². The highest BCUT2D eigenvalue weighted by atomic mass is 16.4. The number of oxime groups is 1. The summed E-state index contributed by atoms with van der Waals surface area (Å²) in [5.74, 6) is -0.182. The van der Waals surface area contributed by atoms with Gasteiger partial charge in [0.05, 0.1) is 0 Å². The van der Waals surface area contributed by atoms with Gasteiger partial charge in [0.1, 0.15) is 5.71 Å². The zero-order chi connectivity index (χ0) is 9.97. The first-order valence-corrected chi connectivity index (χ1v) is 4.34. The van der Waals surface area contributed by atoms with Gasteiger partial charge in [-0.25, -0.2) is 0 Å². The second-order valence-corrected chi connectivity index (χ2v) is 3.06. The van der Waals surface area contributed by atoms with Gasteiger partial charge < -0.3 is 5.21 Å². The molecule has 0 amide bonds. The molecule has 0 radical (unpaired) electrons. The zero-order valence-electron chi connectivity index (χ0n) is 7.47. The van der Waals surface area contributed by atoms with E-state index < -0.39 is 0 Å². The fourth-order valence-corrected chi connectivity index (χ4v) is 1.49. The summed E-state index contributed by atoms with van der Waals surface area (Å²) in [6, 6.07) is 9.37. The van der Waals surface area contributed by atoms with Crippen LogP contribution in [0.25, 0.3) is 5.57 Å². The summed E-state index contributed by atoms with van der Waals surface area (Å²) < 4.78 is 0. The monoisotopic (exact) mass is 187 g/mol. The Morgan fingerprint density at radius 3 is 2.50 bits per heavy atom. The molecule has 2 rings (SSSR count). The van der Waals surface area contributed by atoms with Crippen LogP contribution < -0.4 is 0 Å². The molecule has 1 aliphatic carbocycles. The van der Waals surface area contributed by atoms with Crippen molar-refractivity contribution in [2.75, 3.05) is 0 Å². The Morgan fingerprint density at radius 1 is 1.21 bits per heavy atom. The molecule has 0 heterocycles. The topological polar surface area (TPSA) is 49.7 Å². The van der Waals surface area contributed by atoms with Crippen molar-refractivity contribution in [3.8, 4) is 0 Å². The minimum Gasteiger partial charge on any atom is -0.411 e. The lowest BCUT2D eigenvalue weighted by Gasteiger charge is -1.98. The third-order valence-electron chi connectivity index (χ3n) is 2.21. The zero-order valence-corrected chi connectivity index (χ0v) is 7.47. The number of nitrogens with zero attached hydrogens (tertiary/aromatic N) is 1. The Kier molecular flexibility index (Phi) is 2.14. The van der Waals surface area contributed by atoms with Crippen LogP contribution in [0.2, 0.25) is 0 Å². The van der Waals surface area contributed by atoms with Gasteiger partial charge in [-0.3, -0.25) is 4.79 Å². The van der Waals surface area contributed by atoms with Gasteiger partial charge in [0.15, 0.2) is 0 Å². The molecular weight excluding hydrogens is 178 g/mol. The summed E-state index contributed by atoms with van der Waals surface area (Å²) >= 11 is 0. The third kappa shape index (κ3) is 1.33. The minimum absolute atomic E-state index is 0.182. The molecule has 0 unspecified atom stereocenters. The number of carbonyl (C=O) groups is 1. The number of ketones is 1. The van der Waals surface area contributed by atoms with Gasteiger partial charge >= 0.3 is 0 Å². The number of carbonyl (C=O) groups excluding carboxylic acids is 1. The van der Waals surface area contributed by atoms with Gasteiger partial charge in [-0.1, -0.05) is 41.6 Å². The van der Waals surface area contributed by atoms with Crippen LogP contribution in [-0.4, -0.2) is 16.7 Å². The highest BCUT2D eigenvalue weighted by Gasteiger charge is 2.23. The number of Topliss-reactive ketones (excluding diaryl/α,β-unsaturated/α-hetero) is 1. The maximum atomic E-state index is 11.6. The first kappa shape index (κ1) is 8.69. The van der Waals surface area contributed by atoms with Crippen LogP contribution in [0.3, 0.4) is 0 Å². The van der Waals surface area contributed by atoms with Crippen LogP contribution in [0.5, 0.6) is 0 Å². The van der Waals surface area contributed by atoms with Crippen molar-refractivity contribution in [2.24, 2.45) is 5.16 Å². The van der Waals surface area contributed by atoms with Crippen LogP contribution >= 0.6 is 0 Å². The van der Waals surface area contributed by atoms with Crippen LogP contribution in [-0.2, 0) is 4.79 Å². The van der Waals surface area contributed by atoms with E-state index in [1.165, 1.54) is 0 Å². The summed E-state index contributed by atoms with van der Waals surface area (Å²) in [6.45, 7) is 0. The molecule has 70 valence electrons. The normalized spacial score (nSPS) is 18.7. The van der Waals surface area contributed by atoms with Gasteiger partial charge in [-0.05, 0) is 5.56 Å². The largest absolute Gasteiger partial charge is 0.411 e. The molecule has 0 bridgehead atoms. The standard InChI is InChI=1S/C11H9NO2/c13-11-9(6-7-10(11)12-14)8-4-2-1-3-5-8/h1-6,14H,7H2/b12-10+. The van der Waals surface area contributed by atoms with E-state index in [0.29, 0.717) is 12.0 Å². The van der Waals surface area contributed by atoms with Crippen molar-refractivity contribution in [1.82, 2.24) is 0 Å².